The summed E-state index contributed by atoms with van der Waals surface area (Å²) in [6.45, 7) is 3.89. The number of hydrogen-bond acceptors (Lipinski definition) is 1. The third-order valence-corrected chi connectivity index (χ3v) is 3.26. The zero-order valence-electron chi connectivity index (χ0n) is 10.4. The zero-order chi connectivity index (χ0) is 12.1. The molecular weight excluding hydrogens is 210 g/mol. The number of rotatable bonds is 2. The van der Waals surface area contributed by atoms with Gasteiger partial charge >= 0.3 is 0 Å². The van der Waals surface area contributed by atoms with E-state index < -0.39 is 0 Å². The lowest BCUT2D eigenvalue weighted by molar-refractivity contribution is -0.126. The normalized spacial score (nSPS) is 16.4. The van der Waals surface area contributed by atoms with Gasteiger partial charge < -0.3 is 4.90 Å². The lowest BCUT2D eigenvalue weighted by Crippen LogP contribution is -2.34. The summed E-state index contributed by atoms with van der Waals surface area (Å²) in [6, 6.07) is 8.11. The van der Waals surface area contributed by atoms with Crippen molar-refractivity contribution in [2.75, 3.05) is 13.1 Å². The van der Waals surface area contributed by atoms with Gasteiger partial charge in [-0.15, -0.1) is 0 Å². The van der Waals surface area contributed by atoms with Crippen LogP contribution in [0.15, 0.2) is 30.3 Å². The van der Waals surface area contributed by atoms with E-state index in [2.05, 4.69) is 13.0 Å². The molecule has 0 radical (unpaired) electrons. The Hall–Kier alpha value is -1.57. The number of carbonyl (C=O) groups is 1. The second-order valence-corrected chi connectivity index (χ2v) is 4.58. The minimum atomic E-state index is 0.146. The second-order valence-electron chi connectivity index (χ2n) is 4.58. The van der Waals surface area contributed by atoms with Crippen LogP contribution in [-0.2, 0) is 4.79 Å². The standard InChI is InChI=1S/C15H19NO/c1-13-7-3-4-8-14(13)9-10-15(17)16-11-5-2-6-12-16/h3-4,7-10H,2,5-6,11-12H2,1H3. The molecule has 1 amide bonds. The minimum absolute atomic E-state index is 0.146. The van der Waals surface area contributed by atoms with E-state index >= 15 is 0 Å². The molecule has 1 aliphatic rings. The fraction of sp³-hybridized carbons (Fsp3) is 0.400. The van der Waals surface area contributed by atoms with Crippen molar-refractivity contribution in [1.82, 2.24) is 4.90 Å². The van der Waals surface area contributed by atoms with Crippen LogP contribution < -0.4 is 0 Å². The number of nitrogens with zero attached hydrogens (tertiary/aromatic N) is 1. The molecule has 0 saturated carbocycles. The van der Waals surface area contributed by atoms with Crippen LogP contribution in [0, 0.1) is 6.92 Å². The maximum Gasteiger partial charge on any atom is 0.246 e. The number of carbonyl (C=O) groups excluding carboxylic acids is 1. The van der Waals surface area contributed by atoms with Gasteiger partial charge in [-0.3, -0.25) is 4.79 Å². The Morgan fingerprint density at radius 3 is 2.59 bits per heavy atom. The number of aryl methyl sites for hydroxylation is 1. The lowest BCUT2D eigenvalue weighted by Gasteiger charge is -2.25. The summed E-state index contributed by atoms with van der Waals surface area (Å²) in [4.78, 5) is 13.9. The maximum absolute atomic E-state index is 11.9. The third kappa shape index (κ3) is 3.19. The Labute approximate surface area is 103 Å². The first-order valence-electron chi connectivity index (χ1n) is 6.30. The summed E-state index contributed by atoms with van der Waals surface area (Å²) in [6.07, 6.45) is 7.17. The molecule has 0 unspecified atom stereocenters. The van der Waals surface area contributed by atoms with E-state index in [0.29, 0.717) is 0 Å². The molecule has 0 aromatic heterocycles. The van der Waals surface area contributed by atoms with Crippen LogP contribution >= 0.6 is 0 Å². The first-order chi connectivity index (χ1) is 8.27. The molecule has 17 heavy (non-hydrogen) atoms. The van der Waals surface area contributed by atoms with Crippen molar-refractivity contribution in [1.29, 1.82) is 0 Å². The fourth-order valence-electron chi connectivity index (χ4n) is 2.15. The highest BCUT2D eigenvalue weighted by molar-refractivity contribution is 5.92. The predicted octanol–water partition coefficient (Wildman–Crippen LogP) is 3.02. The molecule has 0 aliphatic carbocycles. The molecule has 2 rings (SSSR count). The van der Waals surface area contributed by atoms with Crippen molar-refractivity contribution < 1.29 is 4.79 Å². The molecule has 1 fully saturated rings. The largest absolute Gasteiger partial charge is 0.339 e. The summed E-state index contributed by atoms with van der Waals surface area (Å²) in [5.74, 6) is 0.146. The molecule has 2 heteroatoms. The van der Waals surface area contributed by atoms with Gasteiger partial charge in [-0.05, 0) is 43.4 Å². The third-order valence-electron chi connectivity index (χ3n) is 3.26. The van der Waals surface area contributed by atoms with Crippen LogP contribution in [0.5, 0.6) is 0 Å². The van der Waals surface area contributed by atoms with E-state index in [-0.39, 0.29) is 5.91 Å². The van der Waals surface area contributed by atoms with Gasteiger partial charge in [-0.2, -0.15) is 0 Å². The molecule has 0 N–H and O–H groups in total. The molecule has 1 aromatic rings. The average molecular weight is 229 g/mol. The van der Waals surface area contributed by atoms with Gasteiger partial charge in [0.05, 0.1) is 0 Å². The van der Waals surface area contributed by atoms with Crippen molar-refractivity contribution in [2.24, 2.45) is 0 Å². The van der Waals surface area contributed by atoms with Gasteiger partial charge in [-0.25, -0.2) is 0 Å². The molecule has 1 aromatic carbocycles. The summed E-state index contributed by atoms with van der Waals surface area (Å²) in [5, 5.41) is 0. The molecule has 2 nitrogen and oxygen atoms in total. The molecule has 90 valence electrons. The van der Waals surface area contributed by atoms with Crippen LogP contribution in [0.25, 0.3) is 6.08 Å². The maximum atomic E-state index is 11.9. The summed E-state index contributed by atoms with van der Waals surface area (Å²) >= 11 is 0. The molecule has 1 saturated heterocycles. The first kappa shape index (κ1) is 11.9. The van der Waals surface area contributed by atoms with Crippen LogP contribution in [0.2, 0.25) is 0 Å². The van der Waals surface area contributed by atoms with Gasteiger partial charge in [0.25, 0.3) is 0 Å². The quantitative estimate of drug-likeness (QED) is 0.714. The molecule has 1 heterocycles. The molecular formula is C15H19NO. The van der Waals surface area contributed by atoms with Crippen molar-refractivity contribution in [3.05, 3.63) is 41.5 Å². The minimum Gasteiger partial charge on any atom is -0.339 e. The topological polar surface area (TPSA) is 20.3 Å². The van der Waals surface area contributed by atoms with Gasteiger partial charge in [0.1, 0.15) is 0 Å². The Morgan fingerprint density at radius 1 is 1.18 bits per heavy atom. The van der Waals surface area contributed by atoms with Crippen LogP contribution in [-0.4, -0.2) is 23.9 Å². The molecule has 0 bridgehead atoms. The second kappa shape index (κ2) is 5.67. The van der Waals surface area contributed by atoms with Crippen molar-refractivity contribution in [2.45, 2.75) is 26.2 Å². The average Bonchev–Trinajstić information content (AvgIpc) is 2.38. The Bertz CT molecular complexity index is 417. The van der Waals surface area contributed by atoms with Gasteiger partial charge in [0, 0.05) is 19.2 Å². The van der Waals surface area contributed by atoms with Crippen molar-refractivity contribution >= 4 is 12.0 Å². The number of benzene rings is 1. The highest BCUT2D eigenvalue weighted by Crippen LogP contribution is 2.12. The Balaban J connectivity index is 2.00. The molecule has 1 aliphatic heterocycles. The van der Waals surface area contributed by atoms with E-state index in [1.807, 2.05) is 29.2 Å². The van der Waals surface area contributed by atoms with Crippen molar-refractivity contribution in [3.8, 4) is 0 Å². The van der Waals surface area contributed by atoms with Gasteiger partial charge in [0.2, 0.25) is 5.91 Å². The van der Waals surface area contributed by atoms with Crippen LogP contribution in [0.3, 0.4) is 0 Å². The zero-order valence-corrected chi connectivity index (χ0v) is 10.4. The van der Waals surface area contributed by atoms with E-state index in [0.717, 1.165) is 31.5 Å². The fourth-order valence-corrected chi connectivity index (χ4v) is 2.15. The van der Waals surface area contributed by atoms with Crippen LogP contribution in [0.4, 0.5) is 0 Å². The molecule has 0 atom stereocenters. The first-order valence-corrected chi connectivity index (χ1v) is 6.30. The smallest absolute Gasteiger partial charge is 0.246 e. The Kier molecular flexibility index (Phi) is 3.97. The van der Waals surface area contributed by atoms with E-state index in [1.54, 1.807) is 6.08 Å². The summed E-state index contributed by atoms with van der Waals surface area (Å²) in [7, 11) is 0. The summed E-state index contributed by atoms with van der Waals surface area (Å²) < 4.78 is 0. The number of likely N-dealkylation sites (tertiary alicyclic amines) is 1. The Morgan fingerprint density at radius 2 is 1.88 bits per heavy atom. The van der Waals surface area contributed by atoms with Crippen LogP contribution in [0.1, 0.15) is 30.4 Å². The number of piperidine rings is 1. The number of hydrogen-bond donors (Lipinski definition) is 0. The lowest BCUT2D eigenvalue weighted by atomic mass is 10.1. The number of amides is 1. The van der Waals surface area contributed by atoms with Gasteiger partial charge in [0.15, 0.2) is 0 Å². The highest BCUT2D eigenvalue weighted by atomic mass is 16.2. The van der Waals surface area contributed by atoms with E-state index in [9.17, 15) is 4.79 Å². The van der Waals surface area contributed by atoms with E-state index in [4.69, 9.17) is 0 Å². The predicted molar refractivity (Wildman–Crippen MR) is 70.6 cm³/mol. The van der Waals surface area contributed by atoms with E-state index in [1.165, 1.54) is 12.0 Å². The van der Waals surface area contributed by atoms with Crippen molar-refractivity contribution in [3.63, 3.8) is 0 Å². The SMILES string of the molecule is Cc1ccccc1C=CC(=O)N1CCCCC1. The monoisotopic (exact) mass is 229 g/mol. The highest BCUT2D eigenvalue weighted by Gasteiger charge is 2.13. The molecule has 0 spiro atoms. The summed E-state index contributed by atoms with van der Waals surface area (Å²) in [5.41, 5.74) is 2.33. The van der Waals surface area contributed by atoms with Gasteiger partial charge in [-0.1, -0.05) is 24.3 Å².